The van der Waals surface area contributed by atoms with Crippen LogP contribution in [0.25, 0.3) is 0 Å². The van der Waals surface area contributed by atoms with E-state index in [4.69, 9.17) is 38.9 Å². The number of nitrogens with zero attached hydrogens (tertiary/aromatic N) is 5. The van der Waals surface area contributed by atoms with Gasteiger partial charge < -0.3 is 13.7 Å². The molecule has 23 heteroatoms. The Bertz CT molecular complexity index is 1710. The number of unbranched alkanes of at least 4 members (excludes halogenated alkanes) is 3. The fraction of sp³-hybridized carbons (Fsp3) is 0.633. The van der Waals surface area contributed by atoms with E-state index < -0.39 is 41.4 Å². The Labute approximate surface area is 309 Å². The largest absolute Gasteiger partial charge is 0.748 e. The second-order valence-electron chi connectivity index (χ2n) is 11.2. The van der Waals surface area contributed by atoms with Crippen LogP contribution in [0.15, 0.2) is 55.6 Å². The third-order valence-corrected chi connectivity index (χ3v) is 7.22. The zero-order valence-electron chi connectivity index (χ0n) is 31.0. The van der Waals surface area contributed by atoms with Crippen molar-refractivity contribution in [1.82, 2.24) is 9.13 Å². The molecule has 0 aliphatic heterocycles. The van der Waals surface area contributed by atoms with Gasteiger partial charge >= 0.3 is 11.0 Å². The third kappa shape index (κ3) is 31.0. The number of alkyl halides is 6. The smallest absolute Gasteiger partial charge is 0.485 e. The maximum absolute atomic E-state index is 10.7. The van der Waals surface area contributed by atoms with Crippen molar-refractivity contribution in [3.63, 3.8) is 0 Å². The minimum Gasteiger partial charge on any atom is -0.748 e. The van der Waals surface area contributed by atoms with Gasteiger partial charge in [-0.15, -0.1) is 0 Å². The van der Waals surface area contributed by atoms with Crippen LogP contribution < -0.4 is 13.7 Å². The van der Waals surface area contributed by atoms with Crippen molar-refractivity contribution in [2.24, 2.45) is 14.1 Å². The first kappa shape index (κ1) is 54.2. The summed E-state index contributed by atoms with van der Waals surface area (Å²) in [4.78, 5) is 0. The van der Waals surface area contributed by atoms with E-state index >= 15 is 0 Å². The number of aromatic nitrogens is 5. The molecular weight excluding hydrogens is 785 g/mol. The Hall–Kier alpha value is -3.12. The zero-order valence-corrected chi connectivity index (χ0v) is 33.4. The summed E-state index contributed by atoms with van der Waals surface area (Å²) >= 11 is 0. The van der Waals surface area contributed by atoms with Crippen molar-refractivity contribution in [2.45, 2.75) is 104 Å². The maximum atomic E-state index is 10.7. The molecule has 0 atom stereocenters. The molecular formula is C30H51F6N5O9S3. The summed E-state index contributed by atoms with van der Waals surface area (Å²) in [6, 6.07) is 4.23. The van der Waals surface area contributed by atoms with Crippen molar-refractivity contribution in [1.29, 1.82) is 0 Å². The van der Waals surface area contributed by atoms with E-state index in [9.17, 15) is 26.3 Å². The lowest BCUT2D eigenvalue weighted by Crippen LogP contribution is -2.32. The molecule has 0 aliphatic carbocycles. The van der Waals surface area contributed by atoms with Gasteiger partial charge in [0.05, 0.1) is 37.3 Å². The lowest BCUT2D eigenvalue weighted by atomic mass is 10.3. The molecule has 0 radical (unpaired) electrons. The minimum absolute atomic E-state index is 0.604. The molecule has 3 heterocycles. The number of imidazole rings is 2. The Morgan fingerprint density at radius 1 is 0.717 bits per heavy atom. The molecule has 0 amide bonds. The Morgan fingerprint density at radius 2 is 1.15 bits per heavy atom. The molecule has 0 unspecified atom stereocenters. The monoisotopic (exact) mass is 835 g/mol. The fourth-order valence-corrected chi connectivity index (χ4v) is 3.27. The van der Waals surface area contributed by atoms with Crippen LogP contribution in [0.4, 0.5) is 26.3 Å². The Morgan fingerprint density at radius 3 is 1.47 bits per heavy atom. The summed E-state index contributed by atoms with van der Waals surface area (Å²) < 4.78 is 156. The first-order valence-corrected chi connectivity index (χ1v) is 20.5. The molecule has 310 valence electrons. The quantitative estimate of drug-likeness (QED) is 0.133. The zero-order chi connectivity index (χ0) is 42.3. The molecule has 3 aromatic rings. The first-order valence-electron chi connectivity index (χ1n) is 15.8. The van der Waals surface area contributed by atoms with Crippen molar-refractivity contribution in [2.75, 3.05) is 6.26 Å². The molecule has 0 bridgehead atoms. The Kier molecular flexibility index (Phi) is 26.4. The van der Waals surface area contributed by atoms with Crippen LogP contribution in [-0.4, -0.2) is 65.3 Å². The van der Waals surface area contributed by atoms with E-state index in [2.05, 4.69) is 120 Å². The highest BCUT2D eigenvalue weighted by Gasteiger charge is 2.37. The molecule has 3 rings (SSSR count). The summed E-state index contributed by atoms with van der Waals surface area (Å²) in [5.41, 5.74) is -9.95. The average Bonchev–Trinajstić information content (AvgIpc) is 3.56. The molecule has 0 fully saturated rings. The van der Waals surface area contributed by atoms with Crippen LogP contribution in [0.1, 0.15) is 70.7 Å². The van der Waals surface area contributed by atoms with Crippen molar-refractivity contribution < 1.29 is 79.0 Å². The van der Waals surface area contributed by atoms with Crippen LogP contribution in [0.3, 0.4) is 0 Å². The topological polar surface area (TPSA) is 193 Å². The molecule has 0 aliphatic rings. The minimum atomic E-state index is -6.09. The van der Waals surface area contributed by atoms with Gasteiger partial charge in [-0.3, -0.25) is 0 Å². The first-order chi connectivity index (χ1) is 23.9. The predicted octanol–water partition coefficient (Wildman–Crippen LogP) is 3.88. The van der Waals surface area contributed by atoms with Gasteiger partial charge in [-0.1, -0.05) is 40.0 Å². The van der Waals surface area contributed by atoms with E-state index in [1.165, 1.54) is 49.9 Å². The van der Waals surface area contributed by atoms with Crippen LogP contribution >= 0.6 is 0 Å². The second-order valence-corrected chi connectivity index (χ2v) is 15.3. The van der Waals surface area contributed by atoms with E-state index in [-0.39, 0.29) is 0 Å². The summed E-state index contributed by atoms with van der Waals surface area (Å²) in [6.07, 6.45) is 23.1. The molecule has 0 saturated heterocycles. The standard InChI is InChI=1S/C10H16N.C9H17N2.C8H15N2.2CHF3O3S.CH4O3S/c1-3-4-7-11-8-5-6-10(2)9-11;1-4-5-6-11-8-7-10(3)9(11)2;1-3-4-5-10-7-6-9(2)8-10;2*2-1(3,4)8(5,6)7;1-5(2,3)4/h5-6,8-9H,3-4,7H2,1-2H3;7-8H,4-6H2,1-3H3;6-8H,3-5H2,1-2H3;2*(H,5,6,7);1H3,(H,2,3,4)/q3*+1;;;/p-3. The summed E-state index contributed by atoms with van der Waals surface area (Å²) in [5.74, 6) is 1.33. The highest BCUT2D eigenvalue weighted by Crippen LogP contribution is 2.21. The molecule has 0 spiro atoms. The third-order valence-electron chi connectivity index (χ3n) is 6.09. The van der Waals surface area contributed by atoms with Gasteiger partial charge in [0.15, 0.2) is 32.6 Å². The van der Waals surface area contributed by atoms with Crippen LogP contribution in [-0.2, 0) is 64.1 Å². The number of rotatable bonds is 9. The fourth-order valence-electron chi connectivity index (χ4n) is 3.27. The van der Waals surface area contributed by atoms with E-state index in [1.54, 1.807) is 0 Å². The van der Waals surface area contributed by atoms with E-state index in [0.717, 1.165) is 19.6 Å². The number of halogens is 6. The molecule has 0 N–H and O–H groups in total. The molecule has 14 nitrogen and oxygen atoms in total. The van der Waals surface area contributed by atoms with Crippen LogP contribution in [0.5, 0.6) is 0 Å². The number of hydrogen-bond acceptors (Lipinski definition) is 9. The summed E-state index contributed by atoms with van der Waals surface area (Å²) in [5, 5.41) is 0. The highest BCUT2D eigenvalue weighted by atomic mass is 32.2. The molecule has 0 aromatic carbocycles. The van der Waals surface area contributed by atoms with Gasteiger partial charge in [-0.25, -0.2) is 48.1 Å². The Balaban J connectivity index is -0.000000575. The van der Waals surface area contributed by atoms with Crippen molar-refractivity contribution >= 4 is 30.4 Å². The number of hydrogen-bond donors (Lipinski definition) is 0. The summed E-state index contributed by atoms with van der Waals surface area (Å²) in [6.45, 7) is 14.4. The lowest BCUT2D eigenvalue weighted by Gasteiger charge is -2.08. The van der Waals surface area contributed by atoms with Crippen LogP contribution in [0.2, 0.25) is 0 Å². The van der Waals surface area contributed by atoms with Crippen LogP contribution in [0, 0.1) is 13.8 Å². The van der Waals surface area contributed by atoms with E-state index in [0.29, 0.717) is 6.26 Å². The SMILES string of the molecule is CCCC[n+]1cccc(C)c1.CCCCn1cc[n+](C)c1.CCCCn1cc[n+](C)c1C.CS(=O)(=O)[O-].O=S(=O)([O-])C(F)(F)F.O=S(=O)([O-])C(F)(F)F. The average molecular weight is 836 g/mol. The molecule has 3 aromatic heterocycles. The van der Waals surface area contributed by atoms with Crippen molar-refractivity contribution in [3.05, 3.63) is 67.0 Å². The van der Waals surface area contributed by atoms with Gasteiger partial charge in [0.2, 0.25) is 6.33 Å². The lowest BCUT2D eigenvalue weighted by molar-refractivity contribution is -0.697. The van der Waals surface area contributed by atoms with Gasteiger partial charge in [0.1, 0.15) is 31.3 Å². The van der Waals surface area contributed by atoms with Crippen molar-refractivity contribution in [3.8, 4) is 0 Å². The highest BCUT2D eigenvalue weighted by molar-refractivity contribution is 7.86. The van der Waals surface area contributed by atoms with Gasteiger partial charge in [0.25, 0.3) is 5.82 Å². The summed E-state index contributed by atoms with van der Waals surface area (Å²) in [7, 11) is -12.0. The molecule has 53 heavy (non-hydrogen) atoms. The van der Waals surface area contributed by atoms with Gasteiger partial charge in [-0.05, 0) is 25.8 Å². The molecule has 0 saturated carbocycles. The van der Waals surface area contributed by atoms with Gasteiger partial charge in [0, 0.05) is 31.2 Å². The second kappa shape index (κ2) is 25.8. The maximum Gasteiger partial charge on any atom is 0.485 e. The van der Waals surface area contributed by atoms with Gasteiger partial charge in [-0.2, -0.15) is 26.3 Å². The van der Waals surface area contributed by atoms with E-state index in [1.807, 2.05) is 7.05 Å². The predicted molar refractivity (Wildman–Crippen MR) is 179 cm³/mol. The normalized spacial score (nSPS) is 11.5. The number of aryl methyl sites for hydroxylation is 6. The number of pyridine rings is 1.